The summed E-state index contributed by atoms with van der Waals surface area (Å²) in [7, 11) is 0. The Morgan fingerprint density at radius 1 is 0.418 bits per heavy atom. The first-order valence-electron chi connectivity index (χ1n) is 30.1. The van der Waals surface area contributed by atoms with E-state index in [0.29, 0.717) is 25.9 Å². The highest BCUT2D eigenvalue weighted by Crippen LogP contribution is 2.18. The molecule has 6 nitrogen and oxygen atoms in total. The second-order valence-corrected chi connectivity index (χ2v) is 20.7. The number of amides is 1. The number of allylic oxidation sites excluding steroid dienone is 4. The highest BCUT2D eigenvalue weighted by molar-refractivity contribution is 5.76. The van der Waals surface area contributed by atoms with E-state index >= 15 is 0 Å². The fourth-order valence-corrected chi connectivity index (χ4v) is 9.38. The van der Waals surface area contributed by atoms with Crippen LogP contribution in [0.5, 0.6) is 0 Å². The standard InChI is InChI=1S/C61H117NO5/c1-3-5-7-9-11-13-15-17-19-21-23-25-26-28-30-33-37-41-45-49-53-59(64)58(57-63)62-60(65)54-50-46-42-38-34-32-36-40-44-48-52-56-67-61(66)55-51-47-43-39-35-31-29-27-24-22-20-18-16-14-12-10-8-6-4-2/h12,14,18,20,58-59,63-64H,3-11,13,15-17,19,21-57H2,1-2H3,(H,62,65)/b14-12-,20-18-. The van der Waals surface area contributed by atoms with Crippen LogP contribution < -0.4 is 5.32 Å². The molecule has 0 aliphatic carbocycles. The van der Waals surface area contributed by atoms with E-state index in [-0.39, 0.29) is 18.5 Å². The number of unbranched alkanes of at least 4 members (excludes halogenated alkanes) is 41. The molecule has 1 amide bonds. The van der Waals surface area contributed by atoms with E-state index in [0.717, 1.165) is 64.2 Å². The van der Waals surface area contributed by atoms with E-state index in [1.807, 2.05) is 0 Å². The number of nitrogens with one attached hydrogen (secondary N) is 1. The van der Waals surface area contributed by atoms with Crippen LogP contribution in [-0.4, -0.2) is 47.4 Å². The third-order valence-corrected chi connectivity index (χ3v) is 14.0. The van der Waals surface area contributed by atoms with Crippen LogP contribution in [0.4, 0.5) is 0 Å². The third-order valence-electron chi connectivity index (χ3n) is 14.0. The van der Waals surface area contributed by atoms with Crippen molar-refractivity contribution in [2.24, 2.45) is 0 Å². The minimum absolute atomic E-state index is 0.0164. The average Bonchev–Trinajstić information content (AvgIpc) is 3.33. The quantitative estimate of drug-likeness (QED) is 0.0321. The van der Waals surface area contributed by atoms with E-state index in [1.54, 1.807) is 0 Å². The molecule has 0 heterocycles. The second-order valence-electron chi connectivity index (χ2n) is 20.7. The lowest BCUT2D eigenvalue weighted by molar-refractivity contribution is -0.143. The molecule has 0 aromatic carbocycles. The Morgan fingerprint density at radius 3 is 1.16 bits per heavy atom. The molecule has 2 unspecified atom stereocenters. The second kappa shape index (κ2) is 56.9. The van der Waals surface area contributed by atoms with Crippen LogP contribution in [0.15, 0.2) is 24.3 Å². The molecule has 0 aliphatic heterocycles. The predicted molar refractivity (Wildman–Crippen MR) is 292 cm³/mol. The van der Waals surface area contributed by atoms with Crippen molar-refractivity contribution in [3.8, 4) is 0 Å². The van der Waals surface area contributed by atoms with Crippen molar-refractivity contribution in [1.29, 1.82) is 0 Å². The van der Waals surface area contributed by atoms with E-state index in [1.165, 1.54) is 231 Å². The summed E-state index contributed by atoms with van der Waals surface area (Å²) in [4.78, 5) is 24.6. The Bertz CT molecular complexity index is 1040. The van der Waals surface area contributed by atoms with E-state index in [4.69, 9.17) is 4.74 Å². The van der Waals surface area contributed by atoms with Gasteiger partial charge in [0.05, 0.1) is 25.4 Å². The molecule has 0 fully saturated rings. The summed E-state index contributed by atoms with van der Waals surface area (Å²) in [6, 6.07) is -0.557. The maximum atomic E-state index is 12.5. The van der Waals surface area contributed by atoms with E-state index < -0.39 is 12.1 Å². The largest absolute Gasteiger partial charge is 0.466 e. The first-order chi connectivity index (χ1) is 33.0. The van der Waals surface area contributed by atoms with Crippen molar-refractivity contribution < 1.29 is 24.5 Å². The van der Waals surface area contributed by atoms with Gasteiger partial charge in [-0.05, 0) is 57.8 Å². The topological polar surface area (TPSA) is 95.9 Å². The molecule has 0 aliphatic rings. The van der Waals surface area contributed by atoms with Crippen molar-refractivity contribution >= 4 is 11.9 Å². The zero-order chi connectivity index (χ0) is 48.6. The molecule has 0 spiro atoms. The van der Waals surface area contributed by atoms with Crippen LogP contribution in [0, 0.1) is 0 Å². The molecule has 0 aromatic rings. The smallest absolute Gasteiger partial charge is 0.305 e. The molecule has 396 valence electrons. The van der Waals surface area contributed by atoms with E-state index in [9.17, 15) is 19.8 Å². The molecule has 0 saturated carbocycles. The molecule has 67 heavy (non-hydrogen) atoms. The predicted octanol–water partition coefficient (Wildman–Crippen LogP) is 18.6. The highest BCUT2D eigenvalue weighted by atomic mass is 16.5. The highest BCUT2D eigenvalue weighted by Gasteiger charge is 2.20. The number of hydrogen-bond acceptors (Lipinski definition) is 5. The Kier molecular flexibility index (Phi) is 55.5. The summed E-state index contributed by atoms with van der Waals surface area (Å²) >= 11 is 0. The number of carbonyl (C=O) groups is 2. The zero-order valence-corrected chi connectivity index (χ0v) is 45.1. The Balaban J connectivity index is 3.45. The monoisotopic (exact) mass is 944 g/mol. The molecule has 2 atom stereocenters. The van der Waals surface area contributed by atoms with Crippen LogP contribution >= 0.6 is 0 Å². The minimum atomic E-state index is -0.678. The average molecular weight is 945 g/mol. The number of ether oxygens (including phenoxy) is 1. The number of esters is 1. The van der Waals surface area contributed by atoms with Crippen LogP contribution in [0.3, 0.4) is 0 Å². The van der Waals surface area contributed by atoms with Gasteiger partial charge in [-0.1, -0.05) is 282 Å². The summed E-state index contributed by atoms with van der Waals surface area (Å²) in [5, 5.41) is 23.3. The zero-order valence-electron chi connectivity index (χ0n) is 45.1. The van der Waals surface area contributed by atoms with Gasteiger partial charge in [-0.15, -0.1) is 0 Å². The molecular weight excluding hydrogens is 827 g/mol. The van der Waals surface area contributed by atoms with Crippen LogP contribution in [0.2, 0.25) is 0 Å². The lowest BCUT2D eigenvalue weighted by Crippen LogP contribution is -2.45. The number of aliphatic hydroxyl groups excluding tert-OH is 2. The van der Waals surface area contributed by atoms with Gasteiger partial charge in [0.15, 0.2) is 0 Å². The molecule has 0 aromatic heterocycles. The molecule has 3 N–H and O–H groups in total. The van der Waals surface area contributed by atoms with Gasteiger partial charge in [0.1, 0.15) is 0 Å². The molecular formula is C61H117NO5. The van der Waals surface area contributed by atoms with Gasteiger partial charge < -0.3 is 20.3 Å². The van der Waals surface area contributed by atoms with Gasteiger partial charge in [0, 0.05) is 12.8 Å². The fourth-order valence-electron chi connectivity index (χ4n) is 9.38. The molecule has 0 radical (unpaired) electrons. The number of hydrogen-bond donors (Lipinski definition) is 3. The summed E-state index contributed by atoms with van der Waals surface area (Å²) in [6.45, 7) is 4.91. The first kappa shape index (κ1) is 65.3. The number of carbonyl (C=O) groups excluding carboxylic acids is 2. The maximum Gasteiger partial charge on any atom is 0.305 e. The van der Waals surface area contributed by atoms with Gasteiger partial charge in [-0.25, -0.2) is 0 Å². The Labute approximate surface area is 418 Å². The lowest BCUT2D eigenvalue weighted by atomic mass is 10.0. The summed E-state index contributed by atoms with van der Waals surface area (Å²) in [5.74, 6) is -0.0675. The van der Waals surface area contributed by atoms with Crippen LogP contribution in [-0.2, 0) is 14.3 Å². The molecule has 0 saturated heterocycles. The SMILES string of the molecule is CCCCC/C=C\C/C=C\CCCCCCCCCCCC(=O)OCCCCCCCCCCCCCC(=O)NC(CO)C(O)CCCCCCCCCCCCCCCCCCCCCC. The van der Waals surface area contributed by atoms with Crippen molar-refractivity contribution in [3.05, 3.63) is 24.3 Å². The lowest BCUT2D eigenvalue weighted by Gasteiger charge is -2.22. The number of aliphatic hydroxyl groups is 2. The Morgan fingerprint density at radius 2 is 0.746 bits per heavy atom. The first-order valence-corrected chi connectivity index (χ1v) is 30.1. The van der Waals surface area contributed by atoms with Crippen LogP contribution in [0.25, 0.3) is 0 Å². The van der Waals surface area contributed by atoms with Gasteiger partial charge >= 0.3 is 5.97 Å². The van der Waals surface area contributed by atoms with Crippen LogP contribution in [0.1, 0.15) is 328 Å². The van der Waals surface area contributed by atoms with Gasteiger partial charge in [0.25, 0.3) is 0 Å². The van der Waals surface area contributed by atoms with Crippen molar-refractivity contribution in [2.45, 2.75) is 341 Å². The van der Waals surface area contributed by atoms with E-state index in [2.05, 4.69) is 43.5 Å². The van der Waals surface area contributed by atoms with Gasteiger partial charge in [0.2, 0.25) is 5.91 Å². The molecule has 0 rings (SSSR count). The van der Waals surface area contributed by atoms with Crippen molar-refractivity contribution in [3.63, 3.8) is 0 Å². The fraction of sp³-hybridized carbons (Fsp3) is 0.902. The summed E-state index contributed by atoms with van der Waals surface area (Å²) in [6.07, 6.45) is 68.8. The summed E-state index contributed by atoms with van der Waals surface area (Å²) < 4.78 is 5.48. The normalized spacial score (nSPS) is 12.7. The maximum absolute atomic E-state index is 12.5. The van der Waals surface area contributed by atoms with Gasteiger partial charge in [-0.3, -0.25) is 9.59 Å². The van der Waals surface area contributed by atoms with Crippen molar-refractivity contribution in [1.82, 2.24) is 5.32 Å². The Hall–Kier alpha value is -1.66. The minimum Gasteiger partial charge on any atom is -0.466 e. The molecule has 6 heteroatoms. The van der Waals surface area contributed by atoms with Crippen molar-refractivity contribution in [2.75, 3.05) is 13.2 Å². The number of rotatable bonds is 56. The molecule has 0 bridgehead atoms. The van der Waals surface area contributed by atoms with Gasteiger partial charge in [-0.2, -0.15) is 0 Å². The summed E-state index contributed by atoms with van der Waals surface area (Å²) in [5.41, 5.74) is 0. The third kappa shape index (κ3) is 53.5.